The minimum atomic E-state index is -0.136. The summed E-state index contributed by atoms with van der Waals surface area (Å²) in [5.41, 5.74) is 3.36. The van der Waals surface area contributed by atoms with Gasteiger partial charge in [0.2, 0.25) is 0 Å². The van der Waals surface area contributed by atoms with Crippen molar-refractivity contribution in [3.05, 3.63) is 90.1 Å². The van der Waals surface area contributed by atoms with Crippen LogP contribution in [0.1, 0.15) is 41.5 Å². The van der Waals surface area contributed by atoms with E-state index in [1.54, 1.807) is 17.1 Å². The highest BCUT2D eigenvalue weighted by Crippen LogP contribution is 2.22. The van der Waals surface area contributed by atoms with Crippen molar-refractivity contribution in [2.24, 2.45) is 0 Å². The lowest BCUT2D eigenvalue weighted by Gasteiger charge is -2.12. The van der Waals surface area contributed by atoms with Gasteiger partial charge in [0.05, 0.1) is 28.8 Å². The number of amides is 1. The molecule has 152 valence electrons. The summed E-state index contributed by atoms with van der Waals surface area (Å²) in [6.07, 6.45) is 5.91. The molecule has 3 aromatic heterocycles. The van der Waals surface area contributed by atoms with E-state index in [9.17, 15) is 4.79 Å². The first kappa shape index (κ1) is 19.6. The first-order chi connectivity index (χ1) is 14.6. The van der Waals surface area contributed by atoms with Gasteiger partial charge in [0.1, 0.15) is 0 Å². The Morgan fingerprint density at radius 1 is 1.07 bits per heavy atom. The molecule has 0 aliphatic rings. The van der Waals surface area contributed by atoms with Gasteiger partial charge >= 0.3 is 0 Å². The number of carbonyl (C=O) groups is 1. The van der Waals surface area contributed by atoms with Gasteiger partial charge in [-0.2, -0.15) is 10.2 Å². The molecule has 1 aromatic carbocycles. The average Bonchev–Trinajstić information content (AvgIpc) is 3.42. The van der Waals surface area contributed by atoms with Crippen molar-refractivity contribution in [3.63, 3.8) is 0 Å². The predicted molar refractivity (Wildman–Crippen MR) is 115 cm³/mol. The molecule has 0 spiro atoms. The summed E-state index contributed by atoms with van der Waals surface area (Å²) in [5.74, 6) is 0.687. The Kier molecular flexibility index (Phi) is 5.70. The van der Waals surface area contributed by atoms with Crippen LogP contribution in [0.3, 0.4) is 0 Å². The highest BCUT2D eigenvalue weighted by molar-refractivity contribution is 5.95. The Morgan fingerprint density at radius 3 is 2.60 bits per heavy atom. The third-order valence-corrected chi connectivity index (χ3v) is 4.80. The van der Waals surface area contributed by atoms with E-state index in [4.69, 9.17) is 0 Å². The zero-order chi connectivity index (χ0) is 20.9. The van der Waals surface area contributed by atoms with Gasteiger partial charge in [0, 0.05) is 25.4 Å². The van der Waals surface area contributed by atoms with Crippen molar-refractivity contribution in [1.29, 1.82) is 0 Å². The molecule has 7 nitrogen and oxygen atoms in total. The van der Waals surface area contributed by atoms with Crippen molar-refractivity contribution in [3.8, 4) is 11.5 Å². The van der Waals surface area contributed by atoms with Crippen LogP contribution in [0, 0.1) is 0 Å². The lowest BCUT2D eigenvalue weighted by molar-refractivity contribution is 0.0952. The lowest BCUT2D eigenvalue weighted by atomic mass is 10.1. The van der Waals surface area contributed by atoms with Crippen molar-refractivity contribution >= 4 is 5.91 Å². The maximum atomic E-state index is 12.8. The summed E-state index contributed by atoms with van der Waals surface area (Å²) < 4.78 is 3.58. The van der Waals surface area contributed by atoms with Gasteiger partial charge in [-0.05, 0) is 36.2 Å². The number of rotatable bonds is 7. The van der Waals surface area contributed by atoms with E-state index in [0.29, 0.717) is 24.3 Å². The molecule has 0 fully saturated rings. The van der Waals surface area contributed by atoms with E-state index >= 15 is 0 Å². The van der Waals surface area contributed by atoms with E-state index in [-0.39, 0.29) is 11.8 Å². The molecule has 0 unspecified atom stereocenters. The SMILES string of the molecule is CC(C)c1c(C(=O)NCCc2ccn(-c3ccccc3)n2)cnn1-c1ccccn1. The zero-order valence-electron chi connectivity index (χ0n) is 17.1. The third-order valence-electron chi connectivity index (χ3n) is 4.80. The van der Waals surface area contributed by atoms with Gasteiger partial charge in [-0.25, -0.2) is 14.3 Å². The maximum Gasteiger partial charge on any atom is 0.254 e. The van der Waals surface area contributed by atoms with Gasteiger partial charge in [0.15, 0.2) is 5.82 Å². The first-order valence-electron chi connectivity index (χ1n) is 10.0. The van der Waals surface area contributed by atoms with Gasteiger partial charge in [-0.1, -0.05) is 38.1 Å². The van der Waals surface area contributed by atoms with E-state index in [1.165, 1.54) is 0 Å². The number of hydrogen-bond donors (Lipinski definition) is 1. The second-order valence-corrected chi connectivity index (χ2v) is 7.29. The molecule has 0 bridgehead atoms. The quantitative estimate of drug-likeness (QED) is 0.515. The second kappa shape index (κ2) is 8.73. The highest BCUT2D eigenvalue weighted by atomic mass is 16.1. The molecule has 30 heavy (non-hydrogen) atoms. The fraction of sp³-hybridized carbons (Fsp3) is 0.217. The molecule has 0 saturated carbocycles. The third kappa shape index (κ3) is 4.15. The second-order valence-electron chi connectivity index (χ2n) is 7.29. The standard InChI is InChI=1S/C23H24N6O/c1-17(2)22-20(16-26-29(22)21-10-6-7-13-24-21)23(30)25-14-11-18-12-15-28(27-18)19-8-4-3-5-9-19/h3-10,12-13,15-17H,11,14H2,1-2H3,(H,25,30). The van der Waals surface area contributed by atoms with Crippen LogP contribution in [0.15, 0.2) is 73.2 Å². The Morgan fingerprint density at radius 2 is 1.87 bits per heavy atom. The van der Waals surface area contributed by atoms with Crippen LogP contribution in [0.2, 0.25) is 0 Å². The Bertz CT molecular complexity index is 1120. The first-order valence-corrected chi connectivity index (χ1v) is 10.0. The molecule has 7 heteroatoms. The van der Waals surface area contributed by atoms with Crippen molar-refractivity contribution < 1.29 is 4.79 Å². The van der Waals surface area contributed by atoms with Crippen molar-refractivity contribution in [2.75, 3.05) is 6.54 Å². The van der Waals surface area contributed by atoms with Crippen molar-refractivity contribution in [1.82, 2.24) is 29.9 Å². The van der Waals surface area contributed by atoms with E-state index in [1.807, 2.05) is 79.3 Å². The monoisotopic (exact) mass is 400 g/mol. The molecular weight excluding hydrogens is 376 g/mol. The topological polar surface area (TPSA) is 77.6 Å². The summed E-state index contributed by atoms with van der Waals surface area (Å²) in [6, 6.07) is 17.6. The van der Waals surface area contributed by atoms with E-state index < -0.39 is 0 Å². The average molecular weight is 400 g/mol. The Labute approximate surface area is 175 Å². The van der Waals surface area contributed by atoms with Crippen LogP contribution < -0.4 is 5.32 Å². The number of benzene rings is 1. The number of nitrogens with zero attached hydrogens (tertiary/aromatic N) is 5. The van der Waals surface area contributed by atoms with Crippen molar-refractivity contribution in [2.45, 2.75) is 26.2 Å². The number of nitrogens with one attached hydrogen (secondary N) is 1. The van der Waals surface area contributed by atoms with E-state index in [2.05, 4.69) is 20.5 Å². The summed E-state index contributed by atoms with van der Waals surface area (Å²) in [6.45, 7) is 4.59. The minimum absolute atomic E-state index is 0.122. The summed E-state index contributed by atoms with van der Waals surface area (Å²) in [5, 5.41) is 12.0. The van der Waals surface area contributed by atoms with Gasteiger partial charge in [-0.3, -0.25) is 4.79 Å². The van der Waals surface area contributed by atoms with Gasteiger partial charge < -0.3 is 5.32 Å². The highest BCUT2D eigenvalue weighted by Gasteiger charge is 2.21. The molecule has 0 radical (unpaired) electrons. The molecule has 0 saturated heterocycles. The van der Waals surface area contributed by atoms with Crippen LogP contribution in [0.5, 0.6) is 0 Å². The number of carbonyl (C=O) groups excluding carboxylic acids is 1. The van der Waals surface area contributed by atoms with E-state index in [0.717, 1.165) is 17.1 Å². The summed E-state index contributed by atoms with van der Waals surface area (Å²) in [4.78, 5) is 17.2. The van der Waals surface area contributed by atoms with Crippen LogP contribution in [-0.4, -0.2) is 37.0 Å². The molecule has 0 aliphatic carbocycles. The fourth-order valence-electron chi connectivity index (χ4n) is 3.37. The van der Waals surface area contributed by atoms with Gasteiger partial charge in [-0.15, -0.1) is 0 Å². The number of para-hydroxylation sites is 1. The molecule has 0 aliphatic heterocycles. The molecule has 1 N–H and O–H groups in total. The smallest absolute Gasteiger partial charge is 0.254 e. The van der Waals surface area contributed by atoms with Crippen LogP contribution in [0.25, 0.3) is 11.5 Å². The summed E-state index contributed by atoms with van der Waals surface area (Å²) >= 11 is 0. The molecule has 4 aromatic rings. The fourth-order valence-corrected chi connectivity index (χ4v) is 3.37. The molecular formula is C23H24N6O. The molecule has 0 atom stereocenters. The molecule has 4 rings (SSSR count). The number of pyridine rings is 1. The largest absolute Gasteiger partial charge is 0.352 e. The van der Waals surface area contributed by atoms with Gasteiger partial charge in [0.25, 0.3) is 5.91 Å². The number of aromatic nitrogens is 5. The maximum absolute atomic E-state index is 12.8. The number of hydrogen-bond acceptors (Lipinski definition) is 4. The molecule has 1 amide bonds. The van der Waals surface area contributed by atoms with Crippen LogP contribution >= 0.6 is 0 Å². The Hall–Kier alpha value is -3.74. The Balaban J connectivity index is 1.43. The van der Waals surface area contributed by atoms with Crippen LogP contribution in [-0.2, 0) is 6.42 Å². The molecule has 3 heterocycles. The van der Waals surface area contributed by atoms with Crippen LogP contribution in [0.4, 0.5) is 0 Å². The summed E-state index contributed by atoms with van der Waals surface area (Å²) in [7, 11) is 0. The predicted octanol–water partition coefficient (Wildman–Crippen LogP) is 3.55. The zero-order valence-corrected chi connectivity index (χ0v) is 17.1. The lowest BCUT2D eigenvalue weighted by Crippen LogP contribution is -2.27. The normalized spacial score (nSPS) is 11.0. The minimum Gasteiger partial charge on any atom is -0.352 e.